The molecule has 1 amide bonds. The largest absolute Gasteiger partial charge is 0.338 e. The lowest BCUT2D eigenvalue weighted by Gasteiger charge is -1.92. The zero-order valence-electron chi connectivity index (χ0n) is 8.12. The summed E-state index contributed by atoms with van der Waals surface area (Å²) in [6.07, 6.45) is 4.48. The van der Waals surface area contributed by atoms with Gasteiger partial charge in [0.25, 0.3) is 0 Å². The van der Waals surface area contributed by atoms with Crippen molar-refractivity contribution in [2.45, 2.75) is 6.42 Å². The van der Waals surface area contributed by atoms with E-state index in [0.29, 0.717) is 5.69 Å². The Morgan fingerprint density at radius 3 is 3.06 bits per heavy atom. The maximum Gasteiger partial charge on any atom is 0.243 e. The van der Waals surface area contributed by atoms with E-state index < -0.39 is 5.91 Å². The Morgan fingerprint density at radius 1 is 1.50 bits per heavy atom. The van der Waals surface area contributed by atoms with E-state index in [9.17, 15) is 4.79 Å². The van der Waals surface area contributed by atoms with E-state index in [4.69, 9.17) is 10.4 Å². The van der Waals surface area contributed by atoms with E-state index >= 15 is 0 Å². The van der Waals surface area contributed by atoms with E-state index in [1.54, 1.807) is 0 Å². The van der Waals surface area contributed by atoms with Crippen LogP contribution in [0, 0.1) is 0 Å². The smallest absolute Gasteiger partial charge is 0.243 e. The van der Waals surface area contributed by atoms with Gasteiger partial charge in [0.05, 0.1) is 6.20 Å². The molecule has 2 aromatic heterocycles. The summed E-state index contributed by atoms with van der Waals surface area (Å²) in [7, 11) is 0. The molecular formula is C8H8N6O2. The second-order valence-corrected chi connectivity index (χ2v) is 2.85. The van der Waals surface area contributed by atoms with Crippen LogP contribution in [0.2, 0.25) is 0 Å². The van der Waals surface area contributed by atoms with Crippen LogP contribution in [0.4, 0.5) is 0 Å². The van der Waals surface area contributed by atoms with Crippen LogP contribution >= 0.6 is 0 Å². The van der Waals surface area contributed by atoms with Gasteiger partial charge in [0, 0.05) is 12.4 Å². The highest BCUT2D eigenvalue weighted by Gasteiger charge is 2.12. The van der Waals surface area contributed by atoms with E-state index in [-0.39, 0.29) is 18.1 Å². The molecule has 16 heavy (non-hydrogen) atoms. The lowest BCUT2D eigenvalue weighted by Crippen LogP contribution is -2.31. The van der Waals surface area contributed by atoms with Gasteiger partial charge in [-0.25, -0.2) is 10.8 Å². The molecule has 0 spiro atoms. The minimum atomic E-state index is -0.408. The predicted molar refractivity (Wildman–Crippen MR) is 51.4 cm³/mol. The molecule has 2 aromatic rings. The Hall–Kier alpha value is -2.35. The van der Waals surface area contributed by atoms with Gasteiger partial charge in [-0.3, -0.25) is 15.2 Å². The fourth-order valence-electron chi connectivity index (χ4n) is 1.03. The molecule has 0 aliphatic carbocycles. The number of nitrogens with two attached hydrogens (primary N) is 1. The van der Waals surface area contributed by atoms with Crippen LogP contribution in [-0.2, 0) is 11.2 Å². The Balaban J connectivity index is 2.17. The molecule has 3 N–H and O–H groups in total. The molecule has 0 aliphatic heterocycles. The number of nitrogens with zero attached hydrogens (tertiary/aromatic N) is 4. The SMILES string of the molecule is NNC(=O)Cc1nc(-c2cnccn2)no1. The van der Waals surface area contributed by atoms with Gasteiger partial charge in [-0.1, -0.05) is 5.16 Å². The molecule has 82 valence electrons. The normalized spacial score (nSPS) is 10.1. The van der Waals surface area contributed by atoms with Crippen molar-refractivity contribution in [3.8, 4) is 11.5 Å². The summed E-state index contributed by atoms with van der Waals surface area (Å²) < 4.78 is 4.85. The van der Waals surface area contributed by atoms with E-state index in [1.807, 2.05) is 5.43 Å². The number of rotatable bonds is 3. The predicted octanol–water partition coefficient (Wildman–Crippen LogP) is -0.941. The second-order valence-electron chi connectivity index (χ2n) is 2.85. The highest BCUT2D eigenvalue weighted by Crippen LogP contribution is 2.10. The van der Waals surface area contributed by atoms with Gasteiger partial charge in [-0.15, -0.1) is 0 Å². The van der Waals surface area contributed by atoms with Gasteiger partial charge in [0.2, 0.25) is 17.6 Å². The lowest BCUT2D eigenvalue weighted by atomic mass is 10.4. The summed E-state index contributed by atoms with van der Waals surface area (Å²) in [4.78, 5) is 22.8. The van der Waals surface area contributed by atoms with Crippen molar-refractivity contribution in [1.82, 2.24) is 25.5 Å². The van der Waals surface area contributed by atoms with E-state index in [2.05, 4.69) is 20.1 Å². The number of nitrogens with one attached hydrogen (secondary N) is 1. The van der Waals surface area contributed by atoms with Crippen molar-refractivity contribution < 1.29 is 9.32 Å². The first-order valence-corrected chi connectivity index (χ1v) is 4.38. The molecule has 8 nitrogen and oxygen atoms in total. The van der Waals surface area contributed by atoms with Gasteiger partial charge in [0.1, 0.15) is 12.1 Å². The number of hydrogen-bond donors (Lipinski definition) is 2. The molecule has 0 saturated heterocycles. The van der Waals surface area contributed by atoms with Crippen LogP contribution in [0.5, 0.6) is 0 Å². The number of carbonyl (C=O) groups is 1. The van der Waals surface area contributed by atoms with Crippen LogP contribution < -0.4 is 11.3 Å². The summed E-state index contributed by atoms with van der Waals surface area (Å²) in [6.45, 7) is 0. The average molecular weight is 220 g/mol. The third-order valence-electron chi connectivity index (χ3n) is 1.73. The summed E-state index contributed by atoms with van der Waals surface area (Å²) in [5.74, 6) is 4.97. The average Bonchev–Trinajstić information content (AvgIpc) is 2.78. The van der Waals surface area contributed by atoms with Gasteiger partial charge >= 0.3 is 0 Å². The molecule has 0 saturated carbocycles. The molecule has 2 heterocycles. The summed E-state index contributed by atoms with van der Waals surface area (Å²) >= 11 is 0. The number of aromatic nitrogens is 4. The molecule has 8 heteroatoms. The van der Waals surface area contributed by atoms with E-state index in [1.165, 1.54) is 18.6 Å². The van der Waals surface area contributed by atoms with Crippen LogP contribution in [0.15, 0.2) is 23.1 Å². The van der Waals surface area contributed by atoms with Gasteiger partial charge in [-0.2, -0.15) is 4.98 Å². The van der Waals surface area contributed by atoms with Crippen LogP contribution in [0.3, 0.4) is 0 Å². The summed E-state index contributed by atoms with van der Waals surface area (Å²) in [5, 5.41) is 3.66. The first kappa shape index (κ1) is 10.2. The third-order valence-corrected chi connectivity index (χ3v) is 1.73. The highest BCUT2D eigenvalue weighted by atomic mass is 16.5. The maximum atomic E-state index is 10.9. The van der Waals surface area contributed by atoms with Crippen molar-refractivity contribution in [1.29, 1.82) is 0 Å². The Morgan fingerprint density at radius 2 is 2.38 bits per heavy atom. The van der Waals surface area contributed by atoms with Crippen molar-refractivity contribution in [2.75, 3.05) is 0 Å². The summed E-state index contributed by atoms with van der Waals surface area (Å²) in [5.41, 5.74) is 2.45. The topological polar surface area (TPSA) is 120 Å². The Kier molecular flexibility index (Phi) is 2.83. The molecule has 0 aromatic carbocycles. The van der Waals surface area contributed by atoms with Crippen molar-refractivity contribution in [3.05, 3.63) is 24.5 Å². The first-order valence-electron chi connectivity index (χ1n) is 4.38. The third kappa shape index (κ3) is 2.17. The van der Waals surface area contributed by atoms with Gasteiger partial charge in [-0.05, 0) is 0 Å². The highest BCUT2D eigenvalue weighted by molar-refractivity contribution is 5.76. The fourth-order valence-corrected chi connectivity index (χ4v) is 1.03. The zero-order valence-corrected chi connectivity index (χ0v) is 8.12. The number of amides is 1. The quantitative estimate of drug-likeness (QED) is 0.389. The monoisotopic (exact) mass is 220 g/mol. The van der Waals surface area contributed by atoms with Gasteiger partial charge < -0.3 is 4.52 Å². The minimum absolute atomic E-state index is 0.0657. The zero-order chi connectivity index (χ0) is 11.4. The maximum absolute atomic E-state index is 10.9. The second kappa shape index (κ2) is 4.45. The van der Waals surface area contributed by atoms with Crippen LogP contribution in [0.25, 0.3) is 11.5 Å². The number of hydrogen-bond acceptors (Lipinski definition) is 7. The molecule has 2 rings (SSSR count). The molecule has 0 radical (unpaired) electrons. The molecule has 0 unspecified atom stereocenters. The minimum Gasteiger partial charge on any atom is -0.338 e. The molecule has 0 aliphatic rings. The number of carbonyl (C=O) groups excluding carboxylic acids is 1. The first-order chi connectivity index (χ1) is 7.79. The van der Waals surface area contributed by atoms with E-state index in [0.717, 1.165) is 0 Å². The van der Waals surface area contributed by atoms with Gasteiger partial charge in [0.15, 0.2) is 0 Å². The van der Waals surface area contributed by atoms with Crippen LogP contribution in [0.1, 0.15) is 5.89 Å². The Bertz CT molecular complexity index is 482. The van der Waals surface area contributed by atoms with Crippen molar-refractivity contribution in [2.24, 2.45) is 5.84 Å². The molecule has 0 bridgehead atoms. The molecule has 0 fully saturated rings. The fraction of sp³-hybridized carbons (Fsp3) is 0.125. The lowest BCUT2D eigenvalue weighted by molar-refractivity contribution is -0.120. The van der Waals surface area contributed by atoms with Crippen molar-refractivity contribution >= 4 is 5.91 Å². The standard InChI is InChI=1S/C8H8N6O2/c9-13-6(15)3-7-12-8(14-16-7)5-4-10-1-2-11-5/h1-2,4H,3,9H2,(H,13,15). The molecule has 0 atom stereocenters. The number of hydrazine groups is 1. The Labute approximate surface area is 89.9 Å². The summed E-state index contributed by atoms with van der Waals surface area (Å²) in [6, 6.07) is 0. The molecular weight excluding hydrogens is 212 g/mol. The van der Waals surface area contributed by atoms with Crippen molar-refractivity contribution in [3.63, 3.8) is 0 Å². The van der Waals surface area contributed by atoms with Crippen LogP contribution in [-0.4, -0.2) is 26.0 Å².